The molecular weight excluding hydrogens is 141 g/mol. The van der Waals surface area contributed by atoms with Crippen molar-refractivity contribution in [3.8, 4) is 0 Å². The molecule has 0 aromatic heterocycles. The lowest BCUT2D eigenvalue weighted by molar-refractivity contribution is 0.163. The van der Waals surface area contributed by atoms with Crippen molar-refractivity contribution in [2.24, 2.45) is 5.41 Å². The molecule has 0 unspecified atom stereocenters. The minimum atomic E-state index is -1.51. The first-order chi connectivity index (χ1) is 4.74. The predicted octanol–water partition coefficient (Wildman–Crippen LogP) is 2.46. The summed E-state index contributed by atoms with van der Waals surface area (Å²) in [5.41, 5.74) is -1.51. The second kappa shape index (κ2) is 4.36. The standard InChI is InChI=1S/C7H11F3/c1-2-3-7(4-8,5-9)6-10/h2-3H,4-6H2,1H3/b3-2+. The molecule has 0 aliphatic heterocycles. The Kier molecular flexibility index (Phi) is 4.16. The van der Waals surface area contributed by atoms with Crippen LogP contribution in [0.15, 0.2) is 12.2 Å². The van der Waals surface area contributed by atoms with Crippen molar-refractivity contribution in [1.82, 2.24) is 0 Å². The molecule has 0 saturated heterocycles. The van der Waals surface area contributed by atoms with Gasteiger partial charge in [-0.1, -0.05) is 12.2 Å². The molecule has 60 valence electrons. The molecule has 0 N–H and O–H groups in total. The van der Waals surface area contributed by atoms with E-state index in [1.165, 1.54) is 12.2 Å². The summed E-state index contributed by atoms with van der Waals surface area (Å²) in [6.45, 7) is -1.34. The van der Waals surface area contributed by atoms with Crippen LogP contribution >= 0.6 is 0 Å². The van der Waals surface area contributed by atoms with Gasteiger partial charge in [-0.05, 0) is 6.92 Å². The van der Waals surface area contributed by atoms with Gasteiger partial charge in [-0.25, -0.2) is 13.2 Å². The highest BCUT2D eigenvalue weighted by Gasteiger charge is 2.26. The Morgan fingerprint density at radius 1 is 1.10 bits per heavy atom. The van der Waals surface area contributed by atoms with Crippen molar-refractivity contribution in [2.45, 2.75) is 6.92 Å². The van der Waals surface area contributed by atoms with Crippen molar-refractivity contribution in [2.75, 3.05) is 20.0 Å². The topological polar surface area (TPSA) is 0 Å². The molecule has 0 aromatic carbocycles. The van der Waals surface area contributed by atoms with Gasteiger partial charge in [0, 0.05) is 0 Å². The molecule has 3 heteroatoms. The Morgan fingerprint density at radius 3 is 1.60 bits per heavy atom. The van der Waals surface area contributed by atoms with Gasteiger partial charge in [0.2, 0.25) is 0 Å². The molecule has 0 nitrogen and oxygen atoms in total. The first kappa shape index (κ1) is 9.53. The van der Waals surface area contributed by atoms with Crippen LogP contribution < -0.4 is 0 Å². The SMILES string of the molecule is C/C=C/C(CF)(CF)CF. The van der Waals surface area contributed by atoms with E-state index >= 15 is 0 Å². The van der Waals surface area contributed by atoms with Crippen molar-refractivity contribution in [3.63, 3.8) is 0 Å². The fraction of sp³-hybridized carbons (Fsp3) is 0.714. The first-order valence-corrected chi connectivity index (χ1v) is 3.06. The van der Waals surface area contributed by atoms with Crippen LogP contribution in [0.2, 0.25) is 0 Å². The molecule has 0 amide bonds. The van der Waals surface area contributed by atoms with Crippen molar-refractivity contribution in [3.05, 3.63) is 12.2 Å². The minimum absolute atomic E-state index is 0.982. The number of alkyl halides is 3. The number of halogens is 3. The van der Waals surface area contributed by atoms with E-state index < -0.39 is 25.4 Å². The van der Waals surface area contributed by atoms with Crippen LogP contribution in [0.4, 0.5) is 13.2 Å². The maximum atomic E-state index is 12.0. The zero-order valence-corrected chi connectivity index (χ0v) is 5.91. The monoisotopic (exact) mass is 152 g/mol. The summed E-state index contributed by atoms with van der Waals surface area (Å²) in [5, 5.41) is 0. The van der Waals surface area contributed by atoms with E-state index in [4.69, 9.17) is 0 Å². The van der Waals surface area contributed by atoms with Crippen LogP contribution in [0.5, 0.6) is 0 Å². The molecule has 0 spiro atoms. The summed E-state index contributed by atoms with van der Waals surface area (Å²) in [7, 11) is 0. The molecular formula is C7H11F3. The number of hydrogen-bond donors (Lipinski definition) is 0. The van der Waals surface area contributed by atoms with E-state index in [9.17, 15) is 13.2 Å². The summed E-state index contributed by atoms with van der Waals surface area (Å²) < 4.78 is 35.9. The maximum absolute atomic E-state index is 12.0. The largest absolute Gasteiger partial charge is 0.250 e. The van der Waals surface area contributed by atoms with Gasteiger partial charge in [0.25, 0.3) is 0 Å². The number of hydrogen-bond acceptors (Lipinski definition) is 0. The Morgan fingerprint density at radius 2 is 1.50 bits per heavy atom. The highest BCUT2D eigenvalue weighted by Crippen LogP contribution is 2.21. The smallest absolute Gasteiger partial charge is 0.104 e. The first-order valence-electron chi connectivity index (χ1n) is 3.06. The maximum Gasteiger partial charge on any atom is 0.104 e. The van der Waals surface area contributed by atoms with Crippen LogP contribution in [0.1, 0.15) is 6.92 Å². The lowest BCUT2D eigenvalue weighted by Gasteiger charge is -2.18. The zero-order valence-electron chi connectivity index (χ0n) is 5.91. The molecule has 0 atom stereocenters. The summed E-state index contributed by atoms with van der Waals surface area (Å²) in [6.07, 6.45) is 2.69. The lowest BCUT2D eigenvalue weighted by Crippen LogP contribution is -2.25. The third-order valence-electron chi connectivity index (χ3n) is 1.32. The Hall–Kier alpha value is -0.470. The summed E-state index contributed by atoms with van der Waals surface area (Å²) in [6, 6.07) is 0. The summed E-state index contributed by atoms with van der Waals surface area (Å²) in [5.74, 6) is 0. The number of allylic oxidation sites excluding steroid dienone is 2. The molecule has 0 rings (SSSR count). The minimum Gasteiger partial charge on any atom is -0.250 e. The van der Waals surface area contributed by atoms with Crippen LogP contribution in [-0.4, -0.2) is 20.0 Å². The van der Waals surface area contributed by atoms with E-state index in [0.29, 0.717) is 0 Å². The zero-order chi connectivity index (χ0) is 8.04. The van der Waals surface area contributed by atoms with Gasteiger partial charge in [0.05, 0.1) is 5.41 Å². The predicted molar refractivity (Wildman–Crippen MR) is 35.2 cm³/mol. The highest BCUT2D eigenvalue weighted by atomic mass is 19.1. The molecule has 0 bridgehead atoms. The molecule has 0 radical (unpaired) electrons. The molecule has 10 heavy (non-hydrogen) atoms. The van der Waals surface area contributed by atoms with Gasteiger partial charge < -0.3 is 0 Å². The molecule has 0 fully saturated rings. The van der Waals surface area contributed by atoms with Crippen LogP contribution in [0, 0.1) is 5.41 Å². The molecule has 0 aliphatic rings. The molecule has 0 aliphatic carbocycles. The average Bonchev–Trinajstić information content (AvgIpc) is 2.01. The van der Waals surface area contributed by atoms with Gasteiger partial charge in [0.15, 0.2) is 0 Å². The third kappa shape index (κ3) is 2.05. The molecule has 0 aromatic rings. The normalized spacial score (nSPS) is 12.8. The van der Waals surface area contributed by atoms with Gasteiger partial charge >= 0.3 is 0 Å². The van der Waals surface area contributed by atoms with Crippen LogP contribution in [0.3, 0.4) is 0 Å². The van der Waals surface area contributed by atoms with E-state index in [0.717, 1.165) is 0 Å². The summed E-state index contributed by atoms with van der Waals surface area (Å²) in [4.78, 5) is 0. The Balaban J connectivity index is 4.15. The Bertz CT molecular complexity index is 97.2. The Labute approximate surface area is 58.7 Å². The van der Waals surface area contributed by atoms with Crippen LogP contribution in [-0.2, 0) is 0 Å². The number of rotatable bonds is 4. The fourth-order valence-corrected chi connectivity index (χ4v) is 0.594. The van der Waals surface area contributed by atoms with Crippen molar-refractivity contribution < 1.29 is 13.2 Å². The van der Waals surface area contributed by atoms with E-state index in [1.807, 2.05) is 0 Å². The molecule has 0 heterocycles. The average molecular weight is 152 g/mol. The molecule has 0 saturated carbocycles. The quantitative estimate of drug-likeness (QED) is 0.543. The highest BCUT2D eigenvalue weighted by molar-refractivity contribution is 4.98. The van der Waals surface area contributed by atoms with Gasteiger partial charge in [-0.15, -0.1) is 0 Å². The van der Waals surface area contributed by atoms with E-state index in [-0.39, 0.29) is 0 Å². The summed E-state index contributed by atoms with van der Waals surface area (Å²) >= 11 is 0. The van der Waals surface area contributed by atoms with Crippen molar-refractivity contribution >= 4 is 0 Å². The second-order valence-corrected chi connectivity index (χ2v) is 2.26. The van der Waals surface area contributed by atoms with E-state index in [1.54, 1.807) is 6.92 Å². The van der Waals surface area contributed by atoms with Gasteiger partial charge in [-0.3, -0.25) is 0 Å². The van der Waals surface area contributed by atoms with Gasteiger partial charge in [0.1, 0.15) is 20.0 Å². The third-order valence-corrected chi connectivity index (χ3v) is 1.32. The fourth-order valence-electron chi connectivity index (χ4n) is 0.594. The second-order valence-electron chi connectivity index (χ2n) is 2.26. The van der Waals surface area contributed by atoms with E-state index in [2.05, 4.69) is 0 Å². The lowest BCUT2D eigenvalue weighted by atomic mass is 9.93. The van der Waals surface area contributed by atoms with Gasteiger partial charge in [-0.2, -0.15) is 0 Å². The van der Waals surface area contributed by atoms with Crippen LogP contribution in [0.25, 0.3) is 0 Å². The van der Waals surface area contributed by atoms with Crippen molar-refractivity contribution in [1.29, 1.82) is 0 Å².